The largest absolute Gasteiger partial charge is 0.459 e. The third-order valence-corrected chi connectivity index (χ3v) is 3.75. The first-order chi connectivity index (χ1) is 10.1. The molecule has 0 aliphatic carbocycles. The van der Waals surface area contributed by atoms with Gasteiger partial charge in [0.05, 0.1) is 11.7 Å². The van der Waals surface area contributed by atoms with E-state index in [2.05, 4.69) is 35.6 Å². The highest BCUT2D eigenvalue weighted by molar-refractivity contribution is 5.78. The Kier molecular flexibility index (Phi) is 3.53. The van der Waals surface area contributed by atoms with Crippen LogP contribution in [-0.4, -0.2) is 9.78 Å². The molecule has 0 fully saturated rings. The fourth-order valence-electron chi connectivity index (χ4n) is 2.66. The van der Waals surface area contributed by atoms with Gasteiger partial charge in [-0.3, -0.25) is 10.5 Å². The molecule has 0 aliphatic rings. The predicted molar refractivity (Wildman–Crippen MR) is 82.7 cm³/mol. The summed E-state index contributed by atoms with van der Waals surface area (Å²) in [6.45, 7) is 4.06. The van der Waals surface area contributed by atoms with Gasteiger partial charge in [0.25, 0.3) is 0 Å². The first-order valence-electron chi connectivity index (χ1n) is 7.02. The predicted octanol–water partition coefficient (Wildman–Crippen LogP) is 2.53. The van der Waals surface area contributed by atoms with E-state index in [0.29, 0.717) is 0 Å². The van der Waals surface area contributed by atoms with E-state index in [9.17, 15) is 0 Å². The number of furan rings is 1. The summed E-state index contributed by atoms with van der Waals surface area (Å²) in [6.07, 6.45) is 0.729. The second kappa shape index (κ2) is 5.35. The molecule has 21 heavy (non-hydrogen) atoms. The smallest absolute Gasteiger partial charge is 0.134 e. The van der Waals surface area contributed by atoms with E-state index in [0.717, 1.165) is 34.5 Å². The normalized spacial score (nSPS) is 13.0. The molecule has 1 unspecified atom stereocenters. The van der Waals surface area contributed by atoms with Crippen molar-refractivity contribution in [1.82, 2.24) is 15.2 Å². The number of nitrogens with two attached hydrogens (primary N) is 1. The summed E-state index contributed by atoms with van der Waals surface area (Å²) in [6, 6.07) is 10.2. The lowest BCUT2D eigenvalue weighted by Gasteiger charge is -2.13. The zero-order valence-corrected chi connectivity index (χ0v) is 12.6. The number of nitrogens with zero attached hydrogens (tertiary/aromatic N) is 2. The van der Waals surface area contributed by atoms with Crippen LogP contribution in [0.1, 0.15) is 28.8 Å². The molecule has 5 heteroatoms. The van der Waals surface area contributed by atoms with Crippen molar-refractivity contribution in [3.63, 3.8) is 0 Å². The monoisotopic (exact) mass is 284 g/mol. The topological polar surface area (TPSA) is 69.0 Å². The van der Waals surface area contributed by atoms with E-state index in [1.165, 1.54) is 5.56 Å². The first-order valence-corrected chi connectivity index (χ1v) is 7.02. The molecule has 2 heterocycles. The van der Waals surface area contributed by atoms with Crippen molar-refractivity contribution in [1.29, 1.82) is 0 Å². The first kappa shape index (κ1) is 13.9. The quantitative estimate of drug-likeness (QED) is 0.570. The van der Waals surface area contributed by atoms with Crippen LogP contribution >= 0.6 is 0 Å². The standard InChI is InChI=1S/C16H20N4O/c1-10-4-5-15-12(6-10)8-16(21-15)14(18-17)9-13-7-11(2)19-20(13)3/h4-8,14,18H,9,17H2,1-3H3. The lowest BCUT2D eigenvalue weighted by molar-refractivity contribution is 0.427. The molecule has 1 aromatic carbocycles. The molecular weight excluding hydrogens is 264 g/mol. The molecule has 5 nitrogen and oxygen atoms in total. The minimum Gasteiger partial charge on any atom is -0.459 e. The van der Waals surface area contributed by atoms with Crippen molar-refractivity contribution in [3.8, 4) is 0 Å². The van der Waals surface area contributed by atoms with Gasteiger partial charge in [-0.25, -0.2) is 5.43 Å². The fraction of sp³-hybridized carbons (Fsp3) is 0.312. The number of aryl methyl sites for hydroxylation is 3. The molecule has 110 valence electrons. The molecule has 0 saturated carbocycles. The Bertz CT molecular complexity index is 772. The second-order valence-electron chi connectivity index (χ2n) is 5.51. The Balaban J connectivity index is 1.92. The summed E-state index contributed by atoms with van der Waals surface area (Å²) in [7, 11) is 1.94. The van der Waals surface area contributed by atoms with Crippen LogP contribution in [0.3, 0.4) is 0 Å². The highest BCUT2D eigenvalue weighted by Gasteiger charge is 2.17. The van der Waals surface area contributed by atoms with Gasteiger partial charge in [0, 0.05) is 24.5 Å². The minimum atomic E-state index is -0.0764. The summed E-state index contributed by atoms with van der Waals surface area (Å²) in [5.41, 5.74) is 7.07. The number of hydrogen-bond acceptors (Lipinski definition) is 4. The average Bonchev–Trinajstić information content (AvgIpc) is 2.98. The van der Waals surface area contributed by atoms with Crippen LogP contribution in [0.25, 0.3) is 11.0 Å². The number of hydrogen-bond donors (Lipinski definition) is 2. The van der Waals surface area contributed by atoms with Crippen LogP contribution < -0.4 is 11.3 Å². The number of benzene rings is 1. The summed E-state index contributed by atoms with van der Waals surface area (Å²) in [5, 5.41) is 5.47. The third-order valence-electron chi connectivity index (χ3n) is 3.75. The third kappa shape index (κ3) is 2.70. The Morgan fingerprint density at radius 3 is 2.76 bits per heavy atom. The number of rotatable bonds is 4. The van der Waals surface area contributed by atoms with Gasteiger partial charge in [-0.15, -0.1) is 0 Å². The minimum absolute atomic E-state index is 0.0764. The van der Waals surface area contributed by atoms with Gasteiger partial charge in [-0.2, -0.15) is 5.10 Å². The lowest BCUT2D eigenvalue weighted by Crippen LogP contribution is -2.29. The molecule has 2 aromatic heterocycles. The maximum Gasteiger partial charge on any atom is 0.134 e. The van der Waals surface area contributed by atoms with E-state index >= 15 is 0 Å². The van der Waals surface area contributed by atoms with Gasteiger partial charge in [0.15, 0.2) is 0 Å². The van der Waals surface area contributed by atoms with Crippen molar-refractivity contribution < 1.29 is 4.42 Å². The van der Waals surface area contributed by atoms with Crippen molar-refractivity contribution >= 4 is 11.0 Å². The SMILES string of the molecule is Cc1ccc2oc(C(Cc3cc(C)nn3C)NN)cc2c1. The van der Waals surface area contributed by atoms with E-state index in [-0.39, 0.29) is 6.04 Å². The Morgan fingerprint density at radius 1 is 1.29 bits per heavy atom. The van der Waals surface area contributed by atoms with Crippen LogP contribution in [0.5, 0.6) is 0 Å². The molecule has 0 radical (unpaired) electrons. The van der Waals surface area contributed by atoms with E-state index in [4.69, 9.17) is 10.3 Å². The maximum atomic E-state index is 5.92. The molecular formula is C16H20N4O. The molecule has 1 atom stereocenters. The van der Waals surface area contributed by atoms with Crippen molar-refractivity contribution in [2.75, 3.05) is 0 Å². The van der Waals surface area contributed by atoms with Crippen molar-refractivity contribution in [3.05, 3.63) is 53.0 Å². The Morgan fingerprint density at radius 2 is 2.10 bits per heavy atom. The Hall–Kier alpha value is -2.11. The van der Waals surface area contributed by atoms with Crippen LogP contribution in [0.2, 0.25) is 0 Å². The number of nitrogens with one attached hydrogen (secondary N) is 1. The Labute approximate surface area is 123 Å². The average molecular weight is 284 g/mol. The van der Waals surface area contributed by atoms with Crippen molar-refractivity contribution in [2.24, 2.45) is 12.9 Å². The summed E-state index contributed by atoms with van der Waals surface area (Å²) in [4.78, 5) is 0. The highest BCUT2D eigenvalue weighted by atomic mass is 16.3. The molecule has 0 amide bonds. The van der Waals surface area contributed by atoms with Gasteiger partial charge in [0.2, 0.25) is 0 Å². The molecule has 0 bridgehead atoms. The molecule has 3 N–H and O–H groups in total. The number of aromatic nitrogens is 2. The van der Waals surface area contributed by atoms with Gasteiger partial charge in [-0.05, 0) is 38.1 Å². The van der Waals surface area contributed by atoms with Gasteiger partial charge in [0.1, 0.15) is 11.3 Å². The number of fused-ring (bicyclic) bond motifs is 1. The number of hydrazine groups is 1. The molecule has 0 aliphatic heterocycles. The maximum absolute atomic E-state index is 5.92. The van der Waals surface area contributed by atoms with E-state index in [1.807, 2.05) is 30.8 Å². The van der Waals surface area contributed by atoms with E-state index < -0.39 is 0 Å². The van der Waals surface area contributed by atoms with Gasteiger partial charge >= 0.3 is 0 Å². The summed E-state index contributed by atoms with van der Waals surface area (Å²) >= 11 is 0. The van der Waals surface area contributed by atoms with Gasteiger partial charge in [-0.1, -0.05) is 11.6 Å². The summed E-state index contributed by atoms with van der Waals surface area (Å²) in [5.74, 6) is 6.57. The van der Waals surface area contributed by atoms with Crippen LogP contribution in [0.4, 0.5) is 0 Å². The van der Waals surface area contributed by atoms with Crippen LogP contribution in [-0.2, 0) is 13.5 Å². The zero-order chi connectivity index (χ0) is 15.0. The molecule has 3 rings (SSSR count). The van der Waals surface area contributed by atoms with Crippen LogP contribution in [0.15, 0.2) is 34.7 Å². The molecule has 0 saturated heterocycles. The van der Waals surface area contributed by atoms with Gasteiger partial charge < -0.3 is 4.42 Å². The molecule has 3 aromatic rings. The summed E-state index contributed by atoms with van der Waals surface area (Å²) < 4.78 is 7.80. The highest BCUT2D eigenvalue weighted by Crippen LogP contribution is 2.26. The van der Waals surface area contributed by atoms with Crippen LogP contribution in [0, 0.1) is 13.8 Å². The van der Waals surface area contributed by atoms with E-state index in [1.54, 1.807) is 0 Å². The lowest BCUT2D eigenvalue weighted by atomic mass is 10.1. The van der Waals surface area contributed by atoms with Crippen molar-refractivity contribution in [2.45, 2.75) is 26.3 Å². The fourth-order valence-corrected chi connectivity index (χ4v) is 2.66. The zero-order valence-electron chi connectivity index (χ0n) is 12.6. The second-order valence-corrected chi connectivity index (χ2v) is 5.51. The molecule has 0 spiro atoms.